The molecule has 1 N–H and O–H groups in total. The van der Waals surface area contributed by atoms with Crippen LogP contribution in [-0.4, -0.2) is 27.4 Å². The zero-order valence-corrected chi connectivity index (χ0v) is 12.0. The Morgan fingerprint density at radius 1 is 0.950 bits per heavy atom. The SMILES string of the molecule is CNC(c1ccccc1)c1ccccc1OCCOC. The molecule has 0 saturated carbocycles. The zero-order valence-electron chi connectivity index (χ0n) is 12.0. The standard InChI is InChI=1S/C17H21NO2/c1-18-17(14-8-4-3-5-9-14)15-10-6-7-11-16(15)20-13-12-19-2/h3-11,17-18H,12-13H2,1-2H3. The fourth-order valence-electron chi connectivity index (χ4n) is 2.23. The average Bonchev–Trinajstić information content (AvgIpc) is 2.51. The molecule has 0 heterocycles. The molecule has 1 unspecified atom stereocenters. The van der Waals surface area contributed by atoms with E-state index in [0.717, 1.165) is 11.3 Å². The van der Waals surface area contributed by atoms with Gasteiger partial charge in [0.1, 0.15) is 12.4 Å². The highest BCUT2D eigenvalue weighted by molar-refractivity contribution is 5.41. The van der Waals surface area contributed by atoms with Gasteiger partial charge in [-0.2, -0.15) is 0 Å². The third kappa shape index (κ3) is 3.59. The highest BCUT2D eigenvalue weighted by atomic mass is 16.5. The molecule has 1 atom stereocenters. The molecule has 0 saturated heterocycles. The van der Waals surface area contributed by atoms with Gasteiger partial charge in [0.05, 0.1) is 12.6 Å². The van der Waals surface area contributed by atoms with Gasteiger partial charge < -0.3 is 14.8 Å². The summed E-state index contributed by atoms with van der Waals surface area (Å²) >= 11 is 0. The molecule has 2 rings (SSSR count). The molecule has 0 aliphatic heterocycles. The van der Waals surface area contributed by atoms with Crippen LogP contribution >= 0.6 is 0 Å². The molecule has 20 heavy (non-hydrogen) atoms. The molecule has 0 fully saturated rings. The molecular weight excluding hydrogens is 250 g/mol. The number of hydrogen-bond donors (Lipinski definition) is 1. The third-order valence-corrected chi connectivity index (χ3v) is 3.20. The van der Waals surface area contributed by atoms with E-state index in [9.17, 15) is 0 Å². The van der Waals surface area contributed by atoms with Crippen LogP contribution in [0.5, 0.6) is 5.75 Å². The summed E-state index contributed by atoms with van der Waals surface area (Å²) in [5.41, 5.74) is 2.36. The molecule has 0 aromatic heterocycles. The van der Waals surface area contributed by atoms with Crippen LogP contribution in [0.3, 0.4) is 0 Å². The quantitative estimate of drug-likeness (QED) is 0.785. The summed E-state index contributed by atoms with van der Waals surface area (Å²) in [6.45, 7) is 1.14. The predicted octanol–water partition coefficient (Wildman–Crippen LogP) is 3.02. The van der Waals surface area contributed by atoms with E-state index < -0.39 is 0 Å². The molecule has 3 heteroatoms. The Balaban J connectivity index is 2.25. The van der Waals surface area contributed by atoms with E-state index >= 15 is 0 Å². The van der Waals surface area contributed by atoms with Crippen molar-refractivity contribution in [2.75, 3.05) is 27.4 Å². The van der Waals surface area contributed by atoms with Gasteiger partial charge in [0.2, 0.25) is 0 Å². The lowest BCUT2D eigenvalue weighted by atomic mass is 9.98. The Morgan fingerprint density at radius 3 is 2.35 bits per heavy atom. The molecule has 0 radical (unpaired) electrons. The number of rotatable bonds is 7. The van der Waals surface area contributed by atoms with Crippen molar-refractivity contribution in [1.82, 2.24) is 5.32 Å². The number of hydrogen-bond acceptors (Lipinski definition) is 3. The number of methoxy groups -OCH3 is 1. The van der Waals surface area contributed by atoms with Crippen LogP contribution in [0.4, 0.5) is 0 Å². The van der Waals surface area contributed by atoms with E-state index in [1.165, 1.54) is 5.56 Å². The van der Waals surface area contributed by atoms with E-state index in [-0.39, 0.29) is 6.04 Å². The molecule has 3 nitrogen and oxygen atoms in total. The monoisotopic (exact) mass is 271 g/mol. The first-order valence-electron chi connectivity index (χ1n) is 6.79. The van der Waals surface area contributed by atoms with Crippen LogP contribution in [-0.2, 0) is 4.74 Å². The summed E-state index contributed by atoms with van der Waals surface area (Å²) < 4.78 is 10.9. The molecule has 0 spiro atoms. The minimum Gasteiger partial charge on any atom is -0.491 e. The van der Waals surface area contributed by atoms with Gasteiger partial charge in [-0.3, -0.25) is 0 Å². The van der Waals surface area contributed by atoms with Gasteiger partial charge in [-0.25, -0.2) is 0 Å². The van der Waals surface area contributed by atoms with Gasteiger partial charge in [0.25, 0.3) is 0 Å². The predicted molar refractivity (Wildman–Crippen MR) is 81.2 cm³/mol. The first kappa shape index (κ1) is 14.6. The normalized spacial score (nSPS) is 12.1. The third-order valence-electron chi connectivity index (χ3n) is 3.20. The van der Waals surface area contributed by atoms with Crippen molar-refractivity contribution >= 4 is 0 Å². The van der Waals surface area contributed by atoms with Crippen LogP contribution in [0.2, 0.25) is 0 Å². The second kappa shape index (κ2) is 7.68. The van der Waals surface area contributed by atoms with Crippen LogP contribution in [0.25, 0.3) is 0 Å². The van der Waals surface area contributed by atoms with Gasteiger partial charge >= 0.3 is 0 Å². The lowest BCUT2D eigenvalue weighted by molar-refractivity contribution is 0.145. The van der Waals surface area contributed by atoms with Crippen molar-refractivity contribution < 1.29 is 9.47 Å². The molecule has 2 aromatic carbocycles. The van der Waals surface area contributed by atoms with Crippen LogP contribution in [0, 0.1) is 0 Å². The average molecular weight is 271 g/mol. The Labute approximate surface area is 120 Å². The van der Waals surface area contributed by atoms with E-state index in [1.54, 1.807) is 7.11 Å². The van der Waals surface area contributed by atoms with Crippen molar-refractivity contribution in [3.8, 4) is 5.75 Å². The summed E-state index contributed by atoms with van der Waals surface area (Å²) in [6, 6.07) is 18.6. The van der Waals surface area contributed by atoms with Crippen molar-refractivity contribution in [3.05, 3.63) is 65.7 Å². The van der Waals surface area contributed by atoms with Gasteiger partial charge in [0, 0.05) is 12.7 Å². The van der Waals surface area contributed by atoms with Crippen LogP contribution in [0.15, 0.2) is 54.6 Å². The number of para-hydroxylation sites is 1. The van der Waals surface area contributed by atoms with Crippen LogP contribution < -0.4 is 10.1 Å². The molecular formula is C17H21NO2. The molecule has 0 bridgehead atoms. The van der Waals surface area contributed by atoms with E-state index in [0.29, 0.717) is 13.2 Å². The topological polar surface area (TPSA) is 30.5 Å². The smallest absolute Gasteiger partial charge is 0.124 e. The second-order valence-corrected chi connectivity index (χ2v) is 4.51. The van der Waals surface area contributed by atoms with Crippen molar-refractivity contribution in [2.24, 2.45) is 0 Å². The van der Waals surface area contributed by atoms with E-state index in [1.807, 2.05) is 43.4 Å². The van der Waals surface area contributed by atoms with Crippen LogP contribution in [0.1, 0.15) is 17.2 Å². The summed E-state index contributed by atoms with van der Waals surface area (Å²) in [6.07, 6.45) is 0. The maximum Gasteiger partial charge on any atom is 0.124 e. The minimum atomic E-state index is 0.120. The van der Waals surface area contributed by atoms with Crippen molar-refractivity contribution in [2.45, 2.75) is 6.04 Å². The lowest BCUT2D eigenvalue weighted by Crippen LogP contribution is -2.19. The second-order valence-electron chi connectivity index (χ2n) is 4.51. The van der Waals surface area contributed by atoms with Gasteiger partial charge in [-0.05, 0) is 18.7 Å². The summed E-state index contributed by atoms with van der Waals surface area (Å²) in [7, 11) is 3.64. The maximum atomic E-state index is 5.82. The van der Waals surface area contributed by atoms with Gasteiger partial charge in [0.15, 0.2) is 0 Å². The first-order chi connectivity index (χ1) is 9.86. The van der Waals surface area contributed by atoms with E-state index in [4.69, 9.17) is 9.47 Å². The molecule has 0 amide bonds. The number of nitrogens with one attached hydrogen (secondary N) is 1. The minimum absolute atomic E-state index is 0.120. The highest BCUT2D eigenvalue weighted by Gasteiger charge is 2.15. The molecule has 106 valence electrons. The first-order valence-corrected chi connectivity index (χ1v) is 6.79. The van der Waals surface area contributed by atoms with Gasteiger partial charge in [-0.15, -0.1) is 0 Å². The van der Waals surface area contributed by atoms with Crippen molar-refractivity contribution in [1.29, 1.82) is 0 Å². The molecule has 2 aromatic rings. The number of ether oxygens (including phenoxy) is 2. The van der Waals surface area contributed by atoms with Gasteiger partial charge in [-0.1, -0.05) is 48.5 Å². The lowest BCUT2D eigenvalue weighted by Gasteiger charge is -2.20. The van der Waals surface area contributed by atoms with E-state index in [2.05, 4.69) is 23.5 Å². The fraction of sp³-hybridized carbons (Fsp3) is 0.294. The molecule has 0 aliphatic carbocycles. The number of benzene rings is 2. The van der Waals surface area contributed by atoms with Crippen molar-refractivity contribution in [3.63, 3.8) is 0 Å². The largest absolute Gasteiger partial charge is 0.491 e. The Hall–Kier alpha value is -1.84. The fourth-order valence-corrected chi connectivity index (χ4v) is 2.23. The summed E-state index contributed by atoms with van der Waals surface area (Å²) in [5.74, 6) is 0.896. The maximum absolute atomic E-state index is 5.82. The summed E-state index contributed by atoms with van der Waals surface area (Å²) in [5, 5.41) is 3.35. The summed E-state index contributed by atoms with van der Waals surface area (Å²) in [4.78, 5) is 0. The zero-order chi connectivity index (χ0) is 14.2. The Morgan fingerprint density at radius 2 is 1.65 bits per heavy atom. The Kier molecular flexibility index (Phi) is 5.59. The highest BCUT2D eigenvalue weighted by Crippen LogP contribution is 2.29. The Bertz CT molecular complexity index is 513. The molecule has 0 aliphatic rings.